The molecule has 0 saturated carbocycles. The van der Waals surface area contributed by atoms with E-state index >= 15 is 0 Å². The summed E-state index contributed by atoms with van der Waals surface area (Å²) in [6, 6.07) is 2.26. The van der Waals surface area contributed by atoms with Crippen LogP contribution in [-0.2, 0) is 0 Å². The van der Waals surface area contributed by atoms with E-state index in [0.717, 1.165) is 12.1 Å². The molecule has 18 heavy (non-hydrogen) atoms. The second-order valence-corrected chi connectivity index (χ2v) is 3.10. The average molecular weight is 253 g/mol. The molecule has 10 heteroatoms. The van der Waals surface area contributed by atoms with E-state index in [2.05, 4.69) is 15.0 Å². The van der Waals surface area contributed by atoms with Gasteiger partial charge in [0.25, 0.3) is 11.1 Å². The maximum Gasteiger partial charge on any atom is 0.327 e. The Labute approximate surface area is 98.9 Å². The second kappa shape index (κ2) is 5.34. The lowest BCUT2D eigenvalue weighted by Gasteiger charge is -1.90. The van der Waals surface area contributed by atoms with Crippen LogP contribution in [0.2, 0.25) is 0 Å². The predicted molar refractivity (Wildman–Crippen MR) is 65.8 cm³/mol. The van der Waals surface area contributed by atoms with Crippen molar-refractivity contribution < 1.29 is 0 Å². The molecule has 2 aromatic heterocycles. The maximum atomic E-state index is 10.5. The molecule has 9 N–H and O–H groups in total. The molecule has 0 aliphatic rings. The van der Waals surface area contributed by atoms with E-state index in [1.54, 1.807) is 0 Å². The summed E-state index contributed by atoms with van der Waals surface area (Å²) < 4.78 is 0. The zero-order chi connectivity index (χ0) is 13.7. The van der Waals surface area contributed by atoms with E-state index in [-0.39, 0.29) is 23.1 Å². The number of anilines is 3. The van der Waals surface area contributed by atoms with Crippen molar-refractivity contribution in [3.05, 3.63) is 43.3 Å². The minimum absolute atomic E-state index is 0.0417. The first-order valence-electron chi connectivity index (χ1n) is 4.58. The van der Waals surface area contributed by atoms with Gasteiger partial charge in [0.15, 0.2) is 0 Å². The van der Waals surface area contributed by atoms with Crippen molar-refractivity contribution in [2.75, 3.05) is 17.2 Å². The van der Waals surface area contributed by atoms with Gasteiger partial charge in [-0.25, -0.2) is 4.79 Å². The van der Waals surface area contributed by atoms with Crippen molar-refractivity contribution in [3.63, 3.8) is 0 Å². The lowest BCUT2D eigenvalue weighted by Crippen LogP contribution is -2.22. The van der Waals surface area contributed by atoms with Crippen LogP contribution in [-0.4, -0.2) is 19.9 Å². The summed E-state index contributed by atoms with van der Waals surface area (Å²) in [5, 5.41) is 0. The van der Waals surface area contributed by atoms with Crippen LogP contribution in [0.5, 0.6) is 0 Å². The SMILES string of the molecule is Nc1cc(=O)[nH]c(=O)[nH]1.Nc1cc(=O)[nH]c(N)n1. The van der Waals surface area contributed by atoms with Gasteiger partial charge in [-0.2, -0.15) is 4.98 Å². The number of nitrogens with zero attached hydrogens (tertiary/aromatic N) is 1. The largest absolute Gasteiger partial charge is 0.385 e. The smallest absolute Gasteiger partial charge is 0.327 e. The fraction of sp³-hybridized carbons (Fsp3) is 0. The molecule has 2 heterocycles. The van der Waals surface area contributed by atoms with E-state index in [1.165, 1.54) is 0 Å². The zero-order valence-corrected chi connectivity index (χ0v) is 9.06. The molecule has 96 valence electrons. The summed E-state index contributed by atoms with van der Waals surface area (Å²) in [7, 11) is 0. The third-order valence-corrected chi connectivity index (χ3v) is 1.56. The Morgan fingerprint density at radius 3 is 1.94 bits per heavy atom. The van der Waals surface area contributed by atoms with Gasteiger partial charge in [-0.05, 0) is 0 Å². The van der Waals surface area contributed by atoms with Crippen LogP contribution in [0.25, 0.3) is 0 Å². The molecule has 0 amide bonds. The minimum atomic E-state index is -0.583. The highest BCUT2D eigenvalue weighted by atomic mass is 16.2. The van der Waals surface area contributed by atoms with E-state index in [1.807, 2.05) is 4.98 Å². The predicted octanol–water partition coefficient (Wildman–Crippen LogP) is -2.42. The quantitative estimate of drug-likeness (QED) is 0.301. The van der Waals surface area contributed by atoms with E-state index in [9.17, 15) is 14.4 Å². The molecule has 0 spiro atoms. The van der Waals surface area contributed by atoms with Crippen molar-refractivity contribution in [1.29, 1.82) is 0 Å². The standard InChI is InChI=1S/C4H6N4O.C4H5N3O2/c5-2-1-3(9)8-4(6)7-2;5-2-1-3(8)7-4(9)6-2/h1H,(H5,5,6,7,8,9);1H,(H4,5,6,7,8,9). The molecule has 0 radical (unpaired) electrons. The Kier molecular flexibility index (Phi) is 3.86. The van der Waals surface area contributed by atoms with Crippen molar-refractivity contribution in [3.8, 4) is 0 Å². The summed E-state index contributed by atoms with van der Waals surface area (Å²) in [5.41, 5.74) is 13.9. The Morgan fingerprint density at radius 1 is 0.889 bits per heavy atom. The number of nitrogens with one attached hydrogen (secondary N) is 3. The van der Waals surface area contributed by atoms with Crippen LogP contribution in [0.15, 0.2) is 26.5 Å². The number of aromatic nitrogens is 4. The summed E-state index contributed by atoms with van der Waals surface area (Å²) in [5.74, 6) is 0.250. The van der Waals surface area contributed by atoms with Gasteiger partial charge in [-0.1, -0.05) is 0 Å². The van der Waals surface area contributed by atoms with Gasteiger partial charge in [0, 0.05) is 12.1 Å². The van der Waals surface area contributed by atoms with Crippen molar-refractivity contribution in [2.24, 2.45) is 0 Å². The summed E-state index contributed by atoms with van der Waals surface area (Å²) in [4.78, 5) is 41.0. The van der Waals surface area contributed by atoms with Crippen molar-refractivity contribution in [2.45, 2.75) is 0 Å². The molecule has 0 atom stereocenters. The van der Waals surface area contributed by atoms with Crippen LogP contribution in [0.1, 0.15) is 0 Å². The number of hydrogen-bond donors (Lipinski definition) is 6. The second-order valence-electron chi connectivity index (χ2n) is 3.10. The highest BCUT2D eigenvalue weighted by Gasteiger charge is 1.89. The highest BCUT2D eigenvalue weighted by molar-refractivity contribution is 5.31. The van der Waals surface area contributed by atoms with Crippen LogP contribution in [0.4, 0.5) is 17.6 Å². The van der Waals surface area contributed by atoms with Crippen molar-refractivity contribution in [1.82, 2.24) is 19.9 Å². The maximum absolute atomic E-state index is 10.5. The third-order valence-electron chi connectivity index (χ3n) is 1.56. The van der Waals surface area contributed by atoms with Gasteiger partial charge in [-0.15, -0.1) is 0 Å². The number of nitrogens with two attached hydrogens (primary N) is 3. The molecule has 0 bridgehead atoms. The molecule has 0 aliphatic heterocycles. The first-order valence-corrected chi connectivity index (χ1v) is 4.58. The Hall–Kier alpha value is -3.04. The van der Waals surface area contributed by atoms with Gasteiger partial charge < -0.3 is 17.2 Å². The summed E-state index contributed by atoms with van der Waals surface area (Å²) >= 11 is 0. The van der Waals surface area contributed by atoms with Gasteiger partial charge in [0.2, 0.25) is 5.95 Å². The van der Waals surface area contributed by atoms with Gasteiger partial charge >= 0.3 is 5.69 Å². The van der Waals surface area contributed by atoms with E-state index < -0.39 is 11.2 Å². The van der Waals surface area contributed by atoms with Crippen molar-refractivity contribution >= 4 is 17.6 Å². The Balaban J connectivity index is 0.000000180. The number of hydrogen-bond acceptors (Lipinski definition) is 7. The van der Waals surface area contributed by atoms with Gasteiger partial charge in [-0.3, -0.25) is 24.5 Å². The first-order chi connectivity index (χ1) is 8.36. The number of aromatic amines is 3. The Morgan fingerprint density at radius 2 is 1.50 bits per heavy atom. The third kappa shape index (κ3) is 4.22. The molecule has 0 aliphatic carbocycles. The molecule has 0 fully saturated rings. The molecule has 0 aromatic carbocycles. The first kappa shape index (κ1) is 13.0. The molecule has 2 aromatic rings. The molecule has 0 unspecified atom stereocenters. The molecule has 0 saturated heterocycles. The van der Waals surface area contributed by atoms with E-state index in [0.29, 0.717) is 0 Å². The van der Waals surface area contributed by atoms with Crippen LogP contribution in [0, 0.1) is 0 Å². The fourth-order valence-electron chi connectivity index (χ4n) is 0.984. The number of nitrogen functional groups attached to an aromatic ring is 3. The monoisotopic (exact) mass is 253 g/mol. The number of H-pyrrole nitrogens is 3. The fourth-order valence-corrected chi connectivity index (χ4v) is 0.984. The molecular formula is C8H11N7O3. The summed E-state index contributed by atoms with van der Waals surface area (Å²) in [6.07, 6.45) is 0. The normalized spacial score (nSPS) is 9.33. The zero-order valence-electron chi connectivity index (χ0n) is 9.06. The topological polar surface area (TPSA) is 190 Å². The molecule has 10 nitrogen and oxygen atoms in total. The lowest BCUT2D eigenvalue weighted by atomic mass is 10.6. The van der Waals surface area contributed by atoms with Crippen LogP contribution < -0.4 is 34.0 Å². The number of rotatable bonds is 0. The highest BCUT2D eigenvalue weighted by Crippen LogP contribution is 1.89. The average Bonchev–Trinajstić information content (AvgIpc) is 2.12. The lowest BCUT2D eigenvalue weighted by molar-refractivity contribution is 1.05. The van der Waals surface area contributed by atoms with E-state index in [4.69, 9.17) is 17.2 Å². The molecule has 2 rings (SSSR count). The van der Waals surface area contributed by atoms with Gasteiger partial charge in [0.05, 0.1) is 0 Å². The van der Waals surface area contributed by atoms with Gasteiger partial charge in [0.1, 0.15) is 11.6 Å². The Bertz CT molecular complexity index is 647. The van der Waals surface area contributed by atoms with Crippen LogP contribution >= 0.6 is 0 Å². The minimum Gasteiger partial charge on any atom is -0.385 e. The molecular weight excluding hydrogens is 242 g/mol. The van der Waals surface area contributed by atoms with Crippen LogP contribution in [0.3, 0.4) is 0 Å². The summed E-state index contributed by atoms with van der Waals surface area (Å²) in [6.45, 7) is 0.